The summed E-state index contributed by atoms with van der Waals surface area (Å²) >= 11 is 1.70. The van der Waals surface area contributed by atoms with Gasteiger partial charge in [0, 0.05) is 56.3 Å². The van der Waals surface area contributed by atoms with Crippen LogP contribution in [-0.2, 0) is 14.8 Å². The summed E-state index contributed by atoms with van der Waals surface area (Å²) in [5.41, 5.74) is 1.15. The van der Waals surface area contributed by atoms with Gasteiger partial charge in [0.2, 0.25) is 10.0 Å². The predicted molar refractivity (Wildman–Crippen MR) is 129 cm³/mol. The van der Waals surface area contributed by atoms with E-state index >= 15 is 0 Å². The van der Waals surface area contributed by atoms with Gasteiger partial charge in [-0.05, 0) is 43.1 Å². The second-order valence-electron chi connectivity index (χ2n) is 8.57. The minimum Gasteiger partial charge on any atom is -0.379 e. The minimum atomic E-state index is -3.66. The molecule has 1 N–H and O–H groups in total. The molecule has 2 aliphatic rings. The van der Waals surface area contributed by atoms with Crippen LogP contribution in [0.4, 0.5) is 0 Å². The van der Waals surface area contributed by atoms with E-state index in [0.29, 0.717) is 38.4 Å². The maximum Gasteiger partial charge on any atom is 0.251 e. The number of morpholine rings is 1. The first-order valence-electron chi connectivity index (χ1n) is 11.3. The van der Waals surface area contributed by atoms with Crippen LogP contribution in [0.1, 0.15) is 26.8 Å². The molecule has 10 heteroatoms. The summed E-state index contributed by atoms with van der Waals surface area (Å²) in [4.78, 5) is 19.3. The number of hydrogen-bond acceptors (Lipinski definition) is 7. The van der Waals surface area contributed by atoms with Crippen LogP contribution in [0, 0.1) is 6.92 Å². The fraction of sp³-hybridized carbons (Fsp3) is 0.522. The molecule has 2 aromatic rings. The van der Waals surface area contributed by atoms with E-state index in [1.54, 1.807) is 23.5 Å². The number of benzene rings is 1. The summed E-state index contributed by atoms with van der Waals surface area (Å²) in [6, 6.07) is 9.04. The quantitative estimate of drug-likeness (QED) is 0.635. The van der Waals surface area contributed by atoms with Crippen molar-refractivity contribution in [1.82, 2.24) is 19.4 Å². The van der Waals surface area contributed by atoms with Crippen LogP contribution >= 0.6 is 11.3 Å². The Bertz CT molecular complexity index is 1040. The molecule has 0 aliphatic carbocycles. The first-order valence-corrected chi connectivity index (χ1v) is 13.6. The van der Waals surface area contributed by atoms with Crippen LogP contribution in [0.3, 0.4) is 0 Å². The van der Waals surface area contributed by atoms with E-state index in [-0.39, 0.29) is 16.8 Å². The Morgan fingerprint density at radius 2 is 1.85 bits per heavy atom. The first kappa shape index (κ1) is 24.3. The molecule has 180 valence electrons. The number of aryl methyl sites for hydroxylation is 1. The van der Waals surface area contributed by atoms with Gasteiger partial charge in [0.25, 0.3) is 5.91 Å². The molecule has 2 aliphatic heterocycles. The third-order valence-electron chi connectivity index (χ3n) is 6.37. The molecule has 0 bridgehead atoms. The number of carbonyl (C=O) groups excluding carboxylic acids is 1. The fourth-order valence-electron chi connectivity index (χ4n) is 4.25. The monoisotopic (exact) mass is 492 g/mol. The molecule has 2 saturated heterocycles. The predicted octanol–water partition coefficient (Wildman–Crippen LogP) is 1.80. The molecule has 4 rings (SSSR count). The molecule has 1 aromatic carbocycles. The number of amides is 1. The molecule has 1 aromatic heterocycles. The molecular formula is C23H32N4O4S2. The standard InChI is InChI=1S/C23H32N4O4S2/c1-18-5-6-19(33(29,30)27-11-13-31-14-12-27)16-20(18)23(28)24-17-21(22-4-3-15-32-22)26-9-7-25(2)8-10-26/h3-6,15-16,21H,7-14,17H2,1-2H3,(H,24,28)/t21-/m1/s1. The zero-order chi connectivity index (χ0) is 23.4. The van der Waals surface area contributed by atoms with Gasteiger partial charge < -0.3 is 15.0 Å². The molecule has 2 fully saturated rings. The summed E-state index contributed by atoms with van der Waals surface area (Å²) < 4.78 is 32.8. The molecule has 0 saturated carbocycles. The number of piperazine rings is 1. The molecule has 8 nitrogen and oxygen atoms in total. The highest BCUT2D eigenvalue weighted by Crippen LogP contribution is 2.26. The first-order chi connectivity index (χ1) is 15.9. The number of carbonyl (C=O) groups is 1. The van der Waals surface area contributed by atoms with E-state index in [1.807, 2.05) is 13.0 Å². The average Bonchev–Trinajstić information content (AvgIpc) is 3.35. The number of ether oxygens (including phenoxy) is 1. The van der Waals surface area contributed by atoms with Crippen molar-refractivity contribution in [3.05, 3.63) is 51.7 Å². The molecule has 0 unspecified atom stereocenters. The van der Waals surface area contributed by atoms with E-state index in [4.69, 9.17) is 4.74 Å². The van der Waals surface area contributed by atoms with Gasteiger partial charge in [-0.2, -0.15) is 4.31 Å². The second-order valence-corrected chi connectivity index (χ2v) is 11.5. The van der Waals surface area contributed by atoms with Crippen LogP contribution < -0.4 is 5.32 Å². The summed E-state index contributed by atoms with van der Waals surface area (Å²) in [5, 5.41) is 5.14. The van der Waals surface area contributed by atoms with Gasteiger partial charge in [-0.3, -0.25) is 9.69 Å². The number of nitrogens with one attached hydrogen (secondary N) is 1. The molecule has 33 heavy (non-hydrogen) atoms. The largest absolute Gasteiger partial charge is 0.379 e. The molecule has 1 atom stereocenters. The van der Waals surface area contributed by atoms with Crippen LogP contribution in [0.2, 0.25) is 0 Å². The van der Waals surface area contributed by atoms with Gasteiger partial charge in [-0.1, -0.05) is 12.1 Å². The number of sulfonamides is 1. The number of likely N-dealkylation sites (N-methyl/N-ethyl adjacent to an activating group) is 1. The summed E-state index contributed by atoms with van der Waals surface area (Å²) in [5.74, 6) is -0.248. The maximum absolute atomic E-state index is 13.2. The Hall–Kier alpha value is -1.82. The van der Waals surface area contributed by atoms with E-state index in [0.717, 1.165) is 31.7 Å². The molecule has 3 heterocycles. The van der Waals surface area contributed by atoms with E-state index in [2.05, 4.69) is 33.6 Å². The van der Waals surface area contributed by atoms with Crippen molar-refractivity contribution < 1.29 is 17.9 Å². The highest BCUT2D eigenvalue weighted by atomic mass is 32.2. The Morgan fingerprint density at radius 3 is 2.52 bits per heavy atom. The Kier molecular flexibility index (Phi) is 7.83. The van der Waals surface area contributed by atoms with E-state index in [1.165, 1.54) is 15.2 Å². The van der Waals surface area contributed by atoms with Crippen molar-refractivity contribution in [2.24, 2.45) is 0 Å². The van der Waals surface area contributed by atoms with Gasteiger partial charge in [-0.25, -0.2) is 8.42 Å². The highest BCUT2D eigenvalue weighted by molar-refractivity contribution is 7.89. The summed E-state index contributed by atoms with van der Waals surface area (Å²) in [6.07, 6.45) is 0. The Balaban J connectivity index is 1.49. The molecule has 0 radical (unpaired) electrons. The van der Waals surface area contributed by atoms with E-state index < -0.39 is 10.0 Å². The topological polar surface area (TPSA) is 82.2 Å². The maximum atomic E-state index is 13.2. The van der Waals surface area contributed by atoms with E-state index in [9.17, 15) is 13.2 Å². The number of rotatable bonds is 7. The average molecular weight is 493 g/mol. The highest BCUT2D eigenvalue weighted by Gasteiger charge is 2.28. The summed E-state index contributed by atoms with van der Waals surface area (Å²) in [6.45, 7) is 7.61. The van der Waals surface area contributed by atoms with Gasteiger partial charge in [-0.15, -0.1) is 11.3 Å². The lowest BCUT2D eigenvalue weighted by Crippen LogP contribution is -2.48. The third kappa shape index (κ3) is 5.64. The van der Waals surface area contributed by atoms with Crippen molar-refractivity contribution in [3.63, 3.8) is 0 Å². The lowest BCUT2D eigenvalue weighted by Gasteiger charge is -2.37. The molecule has 0 spiro atoms. The van der Waals surface area contributed by atoms with Crippen LogP contribution in [-0.4, -0.2) is 94.5 Å². The smallest absolute Gasteiger partial charge is 0.251 e. The van der Waals surface area contributed by atoms with Crippen molar-refractivity contribution in [2.75, 3.05) is 66.1 Å². The lowest BCUT2D eigenvalue weighted by atomic mass is 10.1. The SMILES string of the molecule is Cc1ccc(S(=O)(=O)N2CCOCC2)cc1C(=O)NC[C@H](c1cccs1)N1CCN(C)CC1. The van der Waals surface area contributed by atoms with Gasteiger partial charge in [0.05, 0.1) is 24.2 Å². The molecule has 1 amide bonds. The van der Waals surface area contributed by atoms with Crippen LogP contribution in [0.15, 0.2) is 40.6 Å². The number of hydrogen-bond donors (Lipinski definition) is 1. The van der Waals surface area contributed by atoms with Crippen molar-refractivity contribution in [3.8, 4) is 0 Å². The number of thiophene rings is 1. The van der Waals surface area contributed by atoms with Crippen LogP contribution in [0.5, 0.6) is 0 Å². The Labute approximate surface area is 200 Å². The Morgan fingerprint density at radius 1 is 1.12 bits per heavy atom. The minimum absolute atomic E-state index is 0.100. The normalized spacial score (nSPS) is 19.9. The number of nitrogens with zero attached hydrogens (tertiary/aromatic N) is 3. The van der Waals surface area contributed by atoms with Crippen molar-refractivity contribution in [2.45, 2.75) is 17.9 Å². The zero-order valence-corrected chi connectivity index (χ0v) is 20.8. The second kappa shape index (κ2) is 10.6. The van der Waals surface area contributed by atoms with Crippen LogP contribution in [0.25, 0.3) is 0 Å². The third-order valence-corrected chi connectivity index (χ3v) is 9.24. The lowest BCUT2D eigenvalue weighted by molar-refractivity contribution is 0.0730. The van der Waals surface area contributed by atoms with Crippen molar-refractivity contribution >= 4 is 27.3 Å². The molecular weight excluding hydrogens is 460 g/mol. The van der Waals surface area contributed by atoms with Gasteiger partial charge >= 0.3 is 0 Å². The fourth-order valence-corrected chi connectivity index (χ4v) is 6.55. The van der Waals surface area contributed by atoms with Crippen molar-refractivity contribution in [1.29, 1.82) is 0 Å². The van der Waals surface area contributed by atoms with Gasteiger partial charge in [0.1, 0.15) is 0 Å². The zero-order valence-electron chi connectivity index (χ0n) is 19.2. The van der Waals surface area contributed by atoms with Gasteiger partial charge in [0.15, 0.2) is 0 Å². The summed E-state index contributed by atoms with van der Waals surface area (Å²) in [7, 11) is -1.54.